The number of hydrogen-bond acceptors (Lipinski definition) is 5. The van der Waals surface area contributed by atoms with E-state index < -0.39 is 0 Å². The van der Waals surface area contributed by atoms with Crippen LogP contribution in [0.5, 0.6) is 5.75 Å². The molecule has 0 radical (unpaired) electrons. The first-order chi connectivity index (χ1) is 12.5. The molecule has 0 saturated carbocycles. The average molecular weight is 375 g/mol. The van der Waals surface area contributed by atoms with Crippen molar-refractivity contribution in [2.24, 2.45) is 0 Å². The van der Waals surface area contributed by atoms with Crippen molar-refractivity contribution in [2.75, 3.05) is 55.8 Å². The lowest BCUT2D eigenvalue weighted by Gasteiger charge is -2.35. The Morgan fingerprint density at radius 3 is 2.58 bits per heavy atom. The number of rotatable bonds is 5. The van der Waals surface area contributed by atoms with Crippen LogP contribution in [-0.2, 0) is 4.79 Å². The second-order valence-electron chi connectivity index (χ2n) is 6.33. The van der Waals surface area contributed by atoms with Crippen LogP contribution < -0.4 is 20.7 Å². The Labute approximate surface area is 158 Å². The molecule has 7 heteroatoms. The van der Waals surface area contributed by atoms with Gasteiger partial charge in [-0.2, -0.15) is 0 Å². The maximum absolute atomic E-state index is 12.2. The maximum Gasteiger partial charge on any atom is 0.262 e. The molecule has 1 aliphatic heterocycles. The number of nitrogens with zero attached hydrogens (tertiary/aromatic N) is 2. The number of nitrogen functional groups attached to an aromatic ring is 1. The third-order valence-corrected chi connectivity index (χ3v) is 4.66. The number of anilines is 3. The molecule has 0 spiro atoms. The Morgan fingerprint density at radius 2 is 1.88 bits per heavy atom. The topological polar surface area (TPSA) is 70.8 Å². The Hall–Kier alpha value is -2.44. The monoisotopic (exact) mass is 374 g/mol. The Bertz CT molecular complexity index is 762. The summed E-state index contributed by atoms with van der Waals surface area (Å²) in [6.07, 6.45) is 0. The fourth-order valence-corrected chi connectivity index (χ4v) is 3.07. The van der Waals surface area contributed by atoms with Crippen molar-refractivity contribution in [1.82, 2.24) is 4.90 Å². The number of carbonyl (C=O) groups excluding carboxylic acids is 1. The summed E-state index contributed by atoms with van der Waals surface area (Å²) in [6.45, 7) is 3.61. The van der Waals surface area contributed by atoms with Gasteiger partial charge < -0.3 is 25.6 Å². The lowest BCUT2D eigenvalue weighted by molar-refractivity contribution is -0.118. The molecule has 1 aliphatic rings. The largest absolute Gasteiger partial charge is 0.484 e. The second-order valence-corrected chi connectivity index (χ2v) is 6.74. The average Bonchev–Trinajstić information content (AvgIpc) is 2.64. The van der Waals surface area contributed by atoms with Crippen LogP contribution in [0, 0.1) is 0 Å². The number of para-hydroxylation sites is 1. The van der Waals surface area contributed by atoms with Crippen molar-refractivity contribution >= 4 is 34.6 Å². The fraction of sp³-hybridized carbons (Fsp3) is 0.316. The summed E-state index contributed by atoms with van der Waals surface area (Å²) >= 11 is 6.26. The van der Waals surface area contributed by atoms with E-state index in [1.807, 2.05) is 24.3 Å². The molecule has 6 nitrogen and oxygen atoms in total. The molecule has 0 atom stereocenters. The van der Waals surface area contributed by atoms with Crippen molar-refractivity contribution in [1.29, 1.82) is 0 Å². The number of hydrogen-bond donors (Lipinski definition) is 2. The van der Waals surface area contributed by atoms with Crippen LogP contribution in [0.3, 0.4) is 0 Å². The van der Waals surface area contributed by atoms with Gasteiger partial charge in [-0.1, -0.05) is 29.8 Å². The first-order valence-electron chi connectivity index (χ1n) is 8.53. The first kappa shape index (κ1) is 18.4. The summed E-state index contributed by atoms with van der Waals surface area (Å²) in [5.74, 6) is 0.369. The predicted molar refractivity (Wildman–Crippen MR) is 106 cm³/mol. The maximum atomic E-state index is 12.2. The number of amides is 1. The number of ether oxygens (including phenoxy) is 1. The van der Waals surface area contributed by atoms with Crippen molar-refractivity contribution in [3.05, 3.63) is 47.5 Å². The molecule has 0 bridgehead atoms. The lowest BCUT2D eigenvalue weighted by Crippen LogP contribution is -2.44. The zero-order chi connectivity index (χ0) is 18.5. The van der Waals surface area contributed by atoms with Gasteiger partial charge in [-0.15, -0.1) is 0 Å². The standard InChI is InChI=1S/C19H23ClN4O2/c1-23-7-9-24(10-8-23)18-12-17(15(20)11-16(18)21)22-19(25)13-26-14-5-3-2-4-6-14/h2-6,11-12H,7-10,13,21H2,1H3,(H,22,25). The highest BCUT2D eigenvalue weighted by Gasteiger charge is 2.18. The smallest absolute Gasteiger partial charge is 0.262 e. The molecule has 0 aliphatic carbocycles. The minimum absolute atomic E-state index is 0.0887. The molecule has 0 aromatic heterocycles. The Kier molecular flexibility index (Phi) is 5.85. The van der Waals surface area contributed by atoms with Gasteiger partial charge in [-0.25, -0.2) is 0 Å². The molecule has 1 fully saturated rings. The summed E-state index contributed by atoms with van der Waals surface area (Å²) in [6, 6.07) is 12.7. The van der Waals surface area contributed by atoms with Gasteiger partial charge in [0.15, 0.2) is 6.61 Å². The summed E-state index contributed by atoms with van der Waals surface area (Å²) in [5.41, 5.74) is 8.18. The van der Waals surface area contributed by atoms with E-state index in [0.717, 1.165) is 31.9 Å². The Balaban J connectivity index is 1.67. The highest BCUT2D eigenvalue weighted by atomic mass is 35.5. The van der Waals surface area contributed by atoms with Gasteiger partial charge in [0.05, 0.1) is 22.1 Å². The van der Waals surface area contributed by atoms with Crippen LogP contribution in [0.2, 0.25) is 5.02 Å². The summed E-state index contributed by atoms with van der Waals surface area (Å²) in [7, 11) is 2.10. The quantitative estimate of drug-likeness (QED) is 0.787. The highest BCUT2D eigenvalue weighted by molar-refractivity contribution is 6.34. The molecule has 2 aromatic rings. The third kappa shape index (κ3) is 4.59. The van der Waals surface area contributed by atoms with Gasteiger partial charge in [-0.3, -0.25) is 4.79 Å². The van der Waals surface area contributed by atoms with Crippen molar-refractivity contribution in [3.63, 3.8) is 0 Å². The molecule has 2 aromatic carbocycles. The number of halogens is 1. The molecule has 1 heterocycles. The molecule has 0 unspecified atom stereocenters. The van der Waals surface area contributed by atoms with Gasteiger partial charge >= 0.3 is 0 Å². The van der Waals surface area contributed by atoms with E-state index in [-0.39, 0.29) is 12.5 Å². The molecular formula is C19H23ClN4O2. The number of likely N-dealkylation sites (N-methyl/N-ethyl adjacent to an activating group) is 1. The number of piperazine rings is 1. The molecule has 26 heavy (non-hydrogen) atoms. The van der Waals surface area contributed by atoms with E-state index >= 15 is 0 Å². The van der Waals surface area contributed by atoms with Crippen molar-refractivity contribution < 1.29 is 9.53 Å². The van der Waals surface area contributed by atoms with E-state index in [2.05, 4.69) is 22.2 Å². The molecular weight excluding hydrogens is 352 g/mol. The SMILES string of the molecule is CN1CCN(c2cc(NC(=O)COc3ccccc3)c(Cl)cc2N)CC1. The molecule has 138 valence electrons. The summed E-state index contributed by atoms with van der Waals surface area (Å²) < 4.78 is 5.47. The molecule has 3 N–H and O–H groups in total. The van der Waals surface area contributed by atoms with E-state index in [1.165, 1.54) is 0 Å². The van der Waals surface area contributed by atoms with Gasteiger partial charge in [0.1, 0.15) is 5.75 Å². The predicted octanol–water partition coefficient (Wildman–Crippen LogP) is 2.69. The first-order valence-corrected chi connectivity index (χ1v) is 8.91. The normalized spacial score (nSPS) is 14.9. The molecule has 1 saturated heterocycles. The molecule has 3 rings (SSSR count). The van der Waals surface area contributed by atoms with Crippen LogP contribution in [0.15, 0.2) is 42.5 Å². The van der Waals surface area contributed by atoms with Crippen LogP contribution >= 0.6 is 11.6 Å². The van der Waals surface area contributed by atoms with E-state index in [1.54, 1.807) is 18.2 Å². The van der Waals surface area contributed by atoms with E-state index in [0.29, 0.717) is 22.1 Å². The van der Waals surface area contributed by atoms with Crippen molar-refractivity contribution in [2.45, 2.75) is 0 Å². The van der Waals surface area contributed by atoms with E-state index in [4.69, 9.17) is 22.1 Å². The fourth-order valence-electron chi connectivity index (χ4n) is 2.85. The van der Waals surface area contributed by atoms with Crippen LogP contribution in [0.25, 0.3) is 0 Å². The lowest BCUT2D eigenvalue weighted by atomic mass is 10.2. The summed E-state index contributed by atoms with van der Waals surface area (Å²) in [5, 5.41) is 3.22. The van der Waals surface area contributed by atoms with Gasteiger partial charge in [0, 0.05) is 26.2 Å². The Morgan fingerprint density at radius 1 is 1.19 bits per heavy atom. The zero-order valence-corrected chi connectivity index (χ0v) is 15.5. The van der Waals surface area contributed by atoms with E-state index in [9.17, 15) is 4.79 Å². The van der Waals surface area contributed by atoms with Gasteiger partial charge in [-0.05, 0) is 31.3 Å². The number of carbonyl (C=O) groups is 1. The summed E-state index contributed by atoms with van der Waals surface area (Å²) in [4.78, 5) is 16.7. The van der Waals surface area contributed by atoms with Crippen molar-refractivity contribution in [3.8, 4) is 5.75 Å². The van der Waals surface area contributed by atoms with Gasteiger partial charge in [0.2, 0.25) is 0 Å². The number of nitrogens with two attached hydrogens (primary N) is 1. The molecule has 1 amide bonds. The van der Waals surface area contributed by atoms with Crippen LogP contribution in [0.4, 0.5) is 17.1 Å². The second kappa shape index (κ2) is 8.29. The number of nitrogens with one attached hydrogen (secondary N) is 1. The van der Waals surface area contributed by atoms with Crippen LogP contribution in [-0.4, -0.2) is 50.6 Å². The minimum atomic E-state index is -0.273. The van der Waals surface area contributed by atoms with Gasteiger partial charge in [0.25, 0.3) is 5.91 Å². The minimum Gasteiger partial charge on any atom is -0.484 e. The zero-order valence-electron chi connectivity index (χ0n) is 14.7. The third-order valence-electron chi connectivity index (χ3n) is 4.35. The van der Waals surface area contributed by atoms with Crippen LogP contribution in [0.1, 0.15) is 0 Å². The highest BCUT2D eigenvalue weighted by Crippen LogP contribution is 2.34. The number of benzene rings is 2.